The first-order valence-corrected chi connectivity index (χ1v) is 9.58. The van der Waals surface area contributed by atoms with Crippen LogP contribution in [0, 0.1) is 11.0 Å². The Morgan fingerprint density at radius 3 is 2.74 bits per heavy atom. The molecular weight excluding hydrogens is 407 g/mol. The van der Waals surface area contributed by atoms with Crippen molar-refractivity contribution in [2.45, 2.75) is 18.9 Å². The number of nitrogens with one attached hydrogen (secondary N) is 1. The quantitative estimate of drug-likeness (QED) is 0.492. The Morgan fingerprint density at radius 1 is 1.26 bits per heavy atom. The highest BCUT2D eigenvalue weighted by Crippen LogP contribution is 2.46. The number of carbonyl (C=O) groups excluding carboxylic acids is 2. The zero-order chi connectivity index (χ0) is 22.1. The number of carbonyl (C=O) groups is 2. The fourth-order valence-corrected chi connectivity index (χ4v) is 4.56. The summed E-state index contributed by atoms with van der Waals surface area (Å²) in [5, 5.41) is 20.7. The number of amides is 3. The minimum absolute atomic E-state index is 0.00347. The molecule has 0 radical (unpaired) electrons. The van der Waals surface area contributed by atoms with Crippen LogP contribution < -0.4 is 14.9 Å². The van der Waals surface area contributed by atoms with Crippen molar-refractivity contribution in [3.8, 4) is 5.75 Å². The molecule has 3 aromatic rings. The third kappa shape index (κ3) is 2.49. The van der Waals surface area contributed by atoms with E-state index in [1.165, 1.54) is 11.0 Å². The van der Waals surface area contributed by atoms with Gasteiger partial charge in [0.05, 0.1) is 24.2 Å². The molecule has 0 saturated carbocycles. The van der Waals surface area contributed by atoms with Crippen LogP contribution >= 0.6 is 0 Å². The molecule has 31 heavy (non-hydrogen) atoms. The molecule has 10 heteroatoms. The molecule has 0 bridgehead atoms. The van der Waals surface area contributed by atoms with Crippen molar-refractivity contribution < 1.29 is 23.9 Å². The van der Waals surface area contributed by atoms with E-state index in [0.717, 1.165) is 33.5 Å². The highest BCUT2D eigenvalue weighted by atomic mass is 19.1. The number of aromatic amines is 1. The van der Waals surface area contributed by atoms with Gasteiger partial charge in [0.15, 0.2) is 5.54 Å². The van der Waals surface area contributed by atoms with Crippen LogP contribution in [0.4, 0.5) is 20.6 Å². The molecule has 2 aromatic carbocycles. The summed E-state index contributed by atoms with van der Waals surface area (Å²) in [5.74, 6) is -0.830. The second kappa shape index (κ2) is 6.43. The van der Waals surface area contributed by atoms with E-state index in [1.54, 1.807) is 14.0 Å². The molecular formula is C21H18FN4O5-. The van der Waals surface area contributed by atoms with Gasteiger partial charge in [0.2, 0.25) is 0 Å². The SMILES string of the molecule is COc1ccc2[nH]c3c(c2c1)CCN1C(=O)N(c2ccc(F)c(N([O-])O)c2)C(=O)[C@]31C. The van der Waals surface area contributed by atoms with Crippen molar-refractivity contribution in [2.24, 2.45) is 0 Å². The van der Waals surface area contributed by atoms with Crippen LogP contribution in [0.25, 0.3) is 10.9 Å². The predicted octanol–water partition coefficient (Wildman–Crippen LogP) is 3.25. The molecule has 1 atom stereocenters. The van der Waals surface area contributed by atoms with Gasteiger partial charge in [-0.1, -0.05) is 0 Å². The molecule has 160 valence electrons. The summed E-state index contributed by atoms with van der Waals surface area (Å²) in [6, 6.07) is 8.08. The summed E-state index contributed by atoms with van der Waals surface area (Å²) in [7, 11) is 1.58. The second-order valence-corrected chi connectivity index (χ2v) is 7.70. The lowest BCUT2D eigenvalue weighted by atomic mass is 9.87. The Hall–Kier alpha value is -3.63. The topological polar surface area (TPSA) is 112 Å². The maximum Gasteiger partial charge on any atom is 0.332 e. The smallest absolute Gasteiger partial charge is 0.332 e. The molecule has 2 aliphatic heterocycles. The lowest BCUT2D eigenvalue weighted by molar-refractivity contribution is -0.125. The monoisotopic (exact) mass is 425 g/mol. The van der Waals surface area contributed by atoms with E-state index in [0.29, 0.717) is 24.4 Å². The van der Waals surface area contributed by atoms with E-state index in [9.17, 15) is 19.2 Å². The van der Waals surface area contributed by atoms with Crippen molar-refractivity contribution in [1.29, 1.82) is 0 Å². The number of nitrogens with zero attached hydrogens (tertiary/aromatic N) is 3. The number of aromatic nitrogens is 1. The highest BCUT2D eigenvalue weighted by molar-refractivity contribution is 6.23. The Bertz CT molecular complexity index is 1260. The van der Waals surface area contributed by atoms with Gasteiger partial charge in [0.1, 0.15) is 11.6 Å². The predicted molar refractivity (Wildman–Crippen MR) is 110 cm³/mol. The third-order valence-electron chi connectivity index (χ3n) is 6.16. The van der Waals surface area contributed by atoms with E-state index < -0.39 is 34.2 Å². The van der Waals surface area contributed by atoms with Crippen molar-refractivity contribution in [1.82, 2.24) is 9.88 Å². The Kier molecular flexibility index (Phi) is 4.01. The molecule has 3 heterocycles. The number of ether oxygens (including phenoxy) is 1. The number of fused-ring (bicyclic) bond motifs is 5. The lowest BCUT2D eigenvalue weighted by Gasteiger charge is -2.35. The van der Waals surface area contributed by atoms with Gasteiger partial charge in [-0.15, -0.1) is 0 Å². The van der Waals surface area contributed by atoms with Crippen LogP contribution in [0.5, 0.6) is 5.75 Å². The average Bonchev–Trinajstić information content (AvgIpc) is 3.22. The molecule has 2 aliphatic rings. The first-order valence-electron chi connectivity index (χ1n) is 9.58. The summed E-state index contributed by atoms with van der Waals surface area (Å²) in [6.07, 6.45) is 0.532. The number of hydrogen-bond donors (Lipinski definition) is 2. The maximum absolute atomic E-state index is 13.8. The molecule has 9 nitrogen and oxygen atoms in total. The van der Waals surface area contributed by atoms with Gasteiger partial charge in [-0.2, -0.15) is 0 Å². The van der Waals surface area contributed by atoms with Gasteiger partial charge in [0.25, 0.3) is 5.91 Å². The van der Waals surface area contributed by atoms with Crippen LogP contribution in [0.3, 0.4) is 0 Å². The van der Waals surface area contributed by atoms with E-state index in [-0.39, 0.29) is 5.69 Å². The maximum atomic E-state index is 13.8. The van der Waals surface area contributed by atoms with Crippen LogP contribution in [0.2, 0.25) is 0 Å². The summed E-state index contributed by atoms with van der Waals surface area (Å²) in [6.45, 7) is 1.96. The Morgan fingerprint density at radius 2 is 2.03 bits per heavy atom. The Balaban J connectivity index is 1.65. The minimum atomic E-state index is -1.30. The van der Waals surface area contributed by atoms with E-state index in [1.807, 2.05) is 18.2 Å². The minimum Gasteiger partial charge on any atom is -0.733 e. The standard InChI is InChI=1S/C21H18FN4O5/c1-21-18-13(14-10-12(31-2)4-6-16(14)23-18)7-8-24(21)20(28)25(19(21)27)11-3-5-15(22)17(9-11)26(29)30/h3-6,9-10,23,29H,7-8H2,1-2H3/q-1/t21-/m0/s1. The number of halogens is 1. The second-order valence-electron chi connectivity index (χ2n) is 7.70. The molecule has 2 N–H and O–H groups in total. The van der Waals surface area contributed by atoms with Gasteiger partial charge in [-0.05, 0) is 55.3 Å². The number of hydrogen-bond acceptors (Lipinski definition) is 6. The van der Waals surface area contributed by atoms with E-state index >= 15 is 0 Å². The average molecular weight is 425 g/mol. The summed E-state index contributed by atoms with van der Waals surface area (Å²) in [5.41, 5.74) is 0.359. The fraction of sp³-hybridized carbons (Fsp3) is 0.238. The van der Waals surface area contributed by atoms with Gasteiger partial charge in [0, 0.05) is 17.4 Å². The van der Waals surface area contributed by atoms with Crippen molar-refractivity contribution in [2.75, 3.05) is 23.8 Å². The number of urea groups is 1. The molecule has 0 spiro atoms. The van der Waals surface area contributed by atoms with Crippen LogP contribution in [0.15, 0.2) is 36.4 Å². The lowest BCUT2D eigenvalue weighted by Crippen LogP contribution is -2.49. The normalized spacial score (nSPS) is 20.3. The molecule has 0 unspecified atom stereocenters. The van der Waals surface area contributed by atoms with Crippen LogP contribution in [-0.2, 0) is 16.8 Å². The number of imide groups is 1. The molecule has 5 rings (SSSR count). The zero-order valence-corrected chi connectivity index (χ0v) is 16.7. The molecule has 1 fully saturated rings. The Labute approximate surface area is 175 Å². The van der Waals surface area contributed by atoms with Gasteiger partial charge in [-0.25, -0.2) is 14.1 Å². The van der Waals surface area contributed by atoms with Crippen LogP contribution in [0.1, 0.15) is 18.2 Å². The van der Waals surface area contributed by atoms with Gasteiger partial charge in [-0.3, -0.25) is 10.0 Å². The fourth-order valence-electron chi connectivity index (χ4n) is 4.56. The number of anilines is 2. The molecule has 1 aromatic heterocycles. The molecule has 3 amide bonds. The van der Waals surface area contributed by atoms with Gasteiger partial charge < -0.3 is 25.1 Å². The molecule has 1 saturated heterocycles. The summed E-state index contributed by atoms with van der Waals surface area (Å²) in [4.78, 5) is 32.4. The van der Waals surface area contributed by atoms with Crippen LogP contribution in [-0.4, -0.2) is 40.7 Å². The van der Waals surface area contributed by atoms with Crippen molar-refractivity contribution in [3.63, 3.8) is 0 Å². The number of methoxy groups -OCH3 is 1. The van der Waals surface area contributed by atoms with Crippen molar-refractivity contribution in [3.05, 3.63) is 58.7 Å². The highest BCUT2D eigenvalue weighted by Gasteiger charge is 2.59. The summed E-state index contributed by atoms with van der Waals surface area (Å²) >= 11 is 0. The van der Waals surface area contributed by atoms with E-state index in [4.69, 9.17) is 9.94 Å². The third-order valence-corrected chi connectivity index (χ3v) is 6.16. The van der Waals surface area contributed by atoms with E-state index in [2.05, 4.69) is 4.98 Å². The summed E-state index contributed by atoms with van der Waals surface area (Å²) < 4.78 is 19.1. The number of rotatable bonds is 3. The first kappa shape index (κ1) is 19.3. The largest absolute Gasteiger partial charge is 0.733 e. The molecule has 0 aliphatic carbocycles. The van der Waals surface area contributed by atoms with Gasteiger partial charge >= 0.3 is 6.03 Å². The van der Waals surface area contributed by atoms with Crippen molar-refractivity contribution >= 4 is 34.2 Å². The first-order chi connectivity index (χ1) is 14.8. The zero-order valence-electron chi connectivity index (χ0n) is 16.7. The number of benzene rings is 2. The number of H-pyrrole nitrogens is 1.